The highest BCUT2D eigenvalue weighted by atomic mass is 16.7. The van der Waals surface area contributed by atoms with Crippen molar-refractivity contribution >= 4 is 11.9 Å². The number of hydrogen-bond donors (Lipinski definition) is 1. The van der Waals surface area contributed by atoms with E-state index in [9.17, 15) is 9.59 Å². The van der Waals surface area contributed by atoms with E-state index in [0.29, 0.717) is 0 Å². The Bertz CT molecular complexity index is 335. The highest BCUT2D eigenvalue weighted by Crippen LogP contribution is 2.48. The second-order valence-electron chi connectivity index (χ2n) is 4.21. The van der Waals surface area contributed by atoms with Crippen molar-refractivity contribution in [2.75, 3.05) is 13.9 Å². The number of carboxylic acid groups (broad SMARTS) is 1. The number of rotatable bonds is 4. The molecule has 0 spiro atoms. The van der Waals surface area contributed by atoms with Crippen molar-refractivity contribution in [3.63, 3.8) is 0 Å². The summed E-state index contributed by atoms with van der Waals surface area (Å²) < 4.78 is 9.49. The molecule has 1 fully saturated rings. The molecule has 2 bridgehead atoms. The quantitative estimate of drug-likeness (QED) is 0.433. The zero-order chi connectivity index (χ0) is 11.7. The van der Waals surface area contributed by atoms with Crippen molar-refractivity contribution in [3.05, 3.63) is 12.2 Å². The largest absolute Gasteiger partial charge is 0.481 e. The van der Waals surface area contributed by atoms with E-state index in [-0.39, 0.29) is 18.6 Å². The fourth-order valence-electron chi connectivity index (χ4n) is 2.69. The first-order valence-electron chi connectivity index (χ1n) is 5.22. The molecule has 0 aromatic rings. The SMILES string of the molecule is COCOC(=O)[C@@H]1[C@@H](C(=O)O)[C@H]2C=C[C@@H]1C2. The number of carbonyl (C=O) groups is 2. The standard InChI is InChI=1S/C11H14O5/c1-15-5-16-11(14)9-7-3-2-6(4-7)8(9)10(12)13/h2-3,6-9H,4-5H2,1H3,(H,12,13)/t6-,7+,8-,9-/m0/s1. The van der Waals surface area contributed by atoms with Gasteiger partial charge in [0.2, 0.25) is 0 Å². The van der Waals surface area contributed by atoms with Gasteiger partial charge in [-0.2, -0.15) is 0 Å². The summed E-state index contributed by atoms with van der Waals surface area (Å²) in [6.07, 6.45) is 4.55. The minimum Gasteiger partial charge on any atom is -0.481 e. The fourth-order valence-corrected chi connectivity index (χ4v) is 2.69. The van der Waals surface area contributed by atoms with Gasteiger partial charge < -0.3 is 14.6 Å². The molecule has 0 aromatic heterocycles. The summed E-state index contributed by atoms with van der Waals surface area (Å²) in [7, 11) is 1.42. The molecule has 5 nitrogen and oxygen atoms in total. The molecular formula is C11H14O5. The van der Waals surface area contributed by atoms with Crippen LogP contribution < -0.4 is 0 Å². The molecular weight excluding hydrogens is 212 g/mol. The molecule has 2 aliphatic rings. The summed E-state index contributed by atoms with van der Waals surface area (Å²) in [5.41, 5.74) is 0. The smallest absolute Gasteiger partial charge is 0.312 e. The number of fused-ring (bicyclic) bond motifs is 2. The molecule has 0 aromatic carbocycles. The van der Waals surface area contributed by atoms with Crippen LogP contribution in [0, 0.1) is 23.7 Å². The average Bonchev–Trinajstić information content (AvgIpc) is 2.84. The second-order valence-corrected chi connectivity index (χ2v) is 4.21. The van der Waals surface area contributed by atoms with E-state index in [2.05, 4.69) is 4.74 Å². The summed E-state index contributed by atoms with van der Waals surface area (Å²) >= 11 is 0. The maximum Gasteiger partial charge on any atom is 0.312 e. The minimum absolute atomic E-state index is 0.00968. The predicted molar refractivity (Wildman–Crippen MR) is 53.3 cm³/mol. The van der Waals surface area contributed by atoms with Gasteiger partial charge in [-0.05, 0) is 18.3 Å². The monoisotopic (exact) mass is 226 g/mol. The third-order valence-corrected chi connectivity index (χ3v) is 3.34. The van der Waals surface area contributed by atoms with Gasteiger partial charge in [-0.25, -0.2) is 0 Å². The van der Waals surface area contributed by atoms with Crippen LogP contribution in [0.2, 0.25) is 0 Å². The average molecular weight is 226 g/mol. The number of esters is 1. The summed E-state index contributed by atoms with van der Waals surface area (Å²) in [6, 6.07) is 0. The van der Waals surface area contributed by atoms with Crippen LogP contribution in [-0.4, -0.2) is 30.9 Å². The Morgan fingerprint density at radius 3 is 2.50 bits per heavy atom. The van der Waals surface area contributed by atoms with Crippen molar-refractivity contribution in [3.8, 4) is 0 Å². The molecule has 5 heteroatoms. The van der Waals surface area contributed by atoms with E-state index < -0.39 is 23.8 Å². The Kier molecular flexibility index (Phi) is 2.96. The zero-order valence-electron chi connectivity index (χ0n) is 8.96. The molecule has 0 unspecified atom stereocenters. The highest BCUT2D eigenvalue weighted by molar-refractivity contribution is 5.83. The molecule has 0 aliphatic heterocycles. The number of aliphatic carboxylic acids is 1. The van der Waals surface area contributed by atoms with E-state index in [0.717, 1.165) is 6.42 Å². The summed E-state index contributed by atoms with van der Waals surface area (Å²) in [5, 5.41) is 9.11. The number of allylic oxidation sites excluding steroid dienone is 2. The lowest BCUT2D eigenvalue weighted by Gasteiger charge is -2.22. The van der Waals surface area contributed by atoms with Crippen molar-refractivity contribution in [2.45, 2.75) is 6.42 Å². The third kappa shape index (κ3) is 1.71. The van der Waals surface area contributed by atoms with Crippen LogP contribution in [-0.2, 0) is 19.1 Å². The molecule has 16 heavy (non-hydrogen) atoms. The summed E-state index contributed by atoms with van der Waals surface area (Å²) in [6.45, 7) is -0.122. The third-order valence-electron chi connectivity index (χ3n) is 3.34. The lowest BCUT2D eigenvalue weighted by molar-refractivity contribution is -0.166. The van der Waals surface area contributed by atoms with E-state index >= 15 is 0 Å². The molecule has 0 amide bonds. The van der Waals surface area contributed by atoms with Crippen LogP contribution in [0.15, 0.2) is 12.2 Å². The molecule has 0 heterocycles. The Balaban J connectivity index is 2.10. The van der Waals surface area contributed by atoms with Gasteiger partial charge in [0.05, 0.1) is 11.8 Å². The van der Waals surface area contributed by atoms with E-state index in [1.54, 1.807) is 0 Å². The van der Waals surface area contributed by atoms with Crippen molar-refractivity contribution < 1.29 is 24.2 Å². The number of carbonyl (C=O) groups excluding carboxylic acids is 1. The van der Waals surface area contributed by atoms with E-state index in [1.165, 1.54) is 7.11 Å². The number of ether oxygens (including phenoxy) is 2. The number of carboxylic acids is 1. The van der Waals surface area contributed by atoms with Crippen LogP contribution >= 0.6 is 0 Å². The molecule has 1 saturated carbocycles. The van der Waals surface area contributed by atoms with Gasteiger partial charge in [0.1, 0.15) is 0 Å². The molecule has 2 rings (SSSR count). The normalized spacial score (nSPS) is 35.3. The molecule has 1 N–H and O–H groups in total. The van der Waals surface area contributed by atoms with Gasteiger partial charge in [-0.3, -0.25) is 9.59 Å². The van der Waals surface area contributed by atoms with Crippen molar-refractivity contribution in [2.24, 2.45) is 23.7 Å². The van der Waals surface area contributed by atoms with Crippen molar-refractivity contribution in [1.82, 2.24) is 0 Å². The number of hydrogen-bond acceptors (Lipinski definition) is 4. The predicted octanol–water partition coefficient (Wildman–Crippen LogP) is 0.656. The van der Waals surface area contributed by atoms with Crippen LogP contribution in [0.25, 0.3) is 0 Å². The van der Waals surface area contributed by atoms with Crippen molar-refractivity contribution in [1.29, 1.82) is 0 Å². The summed E-state index contributed by atoms with van der Waals surface area (Å²) in [5.74, 6) is -2.60. The van der Waals surface area contributed by atoms with E-state index in [1.807, 2.05) is 12.2 Å². The second kappa shape index (κ2) is 4.25. The van der Waals surface area contributed by atoms with Crippen LogP contribution in [0.1, 0.15) is 6.42 Å². The first-order chi connectivity index (χ1) is 7.65. The Morgan fingerprint density at radius 2 is 1.94 bits per heavy atom. The topological polar surface area (TPSA) is 72.8 Å². The zero-order valence-corrected chi connectivity index (χ0v) is 8.96. The highest BCUT2D eigenvalue weighted by Gasteiger charge is 2.52. The lowest BCUT2D eigenvalue weighted by Crippen LogP contribution is -2.34. The Morgan fingerprint density at radius 1 is 1.31 bits per heavy atom. The van der Waals surface area contributed by atoms with E-state index in [4.69, 9.17) is 9.84 Å². The lowest BCUT2D eigenvalue weighted by atomic mass is 9.83. The minimum atomic E-state index is -0.920. The van der Waals surface area contributed by atoms with Gasteiger partial charge >= 0.3 is 11.9 Å². The van der Waals surface area contributed by atoms with Gasteiger partial charge in [0.25, 0.3) is 0 Å². The van der Waals surface area contributed by atoms with Gasteiger partial charge in [0, 0.05) is 7.11 Å². The molecule has 0 saturated heterocycles. The van der Waals surface area contributed by atoms with Gasteiger partial charge in [-0.15, -0.1) is 0 Å². The molecule has 2 aliphatic carbocycles. The maximum absolute atomic E-state index is 11.7. The maximum atomic E-state index is 11.7. The Hall–Kier alpha value is -1.36. The number of methoxy groups -OCH3 is 1. The first kappa shape index (κ1) is 11.1. The van der Waals surface area contributed by atoms with Crippen LogP contribution in [0.5, 0.6) is 0 Å². The van der Waals surface area contributed by atoms with Crippen LogP contribution in [0.4, 0.5) is 0 Å². The first-order valence-corrected chi connectivity index (χ1v) is 5.22. The molecule has 88 valence electrons. The van der Waals surface area contributed by atoms with Gasteiger partial charge in [-0.1, -0.05) is 12.2 Å². The molecule has 4 atom stereocenters. The Labute approximate surface area is 93.0 Å². The fraction of sp³-hybridized carbons (Fsp3) is 0.636. The summed E-state index contributed by atoms with van der Waals surface area (Å²) in [4.78, 5) is 22.8. The van der Waals surface area contributed by atoms with Crippen LogP contribution in [0.3, 0.4) is 0 Å². The van der Waals surface area contributed by atoms with Gasteiger partial charge in [0.15, 0.2) is 6.79 Å². The molecule has 0 radical (unpaired) electrons.